The van der Waals surface area contributed by atoms with Crippen molar-refractivity contribution in [3.05, 3.63) is 64.6 Å². The molecule has 0 saturated carbocycles. The van der Waals surface area contributed by atoms with Crippen LogP contribution in [0.5, 0.6) is 0 Å². The topological polar surface area (TPSA) is 85.3 Å². The van der Waals surface area contributed by atoms with Crippen molar-refractivity contribution in [3.63, 3.8) is 0 Å². The molecule has 0 atom stereocenters. The summed E-state index contributed by atoms with van der Waals surface area (Å²) in [5.41, 5.74) is 0.476. The highest BCUT2D eigenvalue weighted by Crippen LogP contribution is 2.28. The van der Waals surface area contributed by atoms with E-state index in [1.807, 2.05) is 20.8 Å². The minimum atomic E-state index is -1.02. The summed E-state index contributed by atoms with van der Waals surface area (Å²) in [6, 6.07) is 4.34. The van der Waals surface area contributed by atoms with Crippen molar-refractivity contribution in [2.75, 3.05) is 18.4 Å². The molecule has 1 aromatic rings. The summed E-state index contributed by atoms with van der Waals surface area (Å²) in [6.45, 7) is 15.3. The molecule has 0 aromatic heterocycles. The summed E-state index contributed by atoms with van der Waals surface area (Å²) in [5, 5.41) is 14.7. The van der Waals surface area contributed by atoms with E-state index in [1.54, 1.807) is 32.9 Å². The van der Waals surface area contributed by atoms with Gasteiger partial charge in [-0.25, -0.2) is 4.39 Å². The molecule has 1 saturated heterocycles. The van der Waals surface area contributed by atoms with Crippen LogP contribution in [0.4, 0.5) is 10.1 Å². The molecule has 0 radical (unpaired) electrons. The lowest BCUT2D eigenvalue weighted by molar-refractivity contribution is -0.146. The number of allylic oxidation sites excluding steroid dienone is 3. The number of nitrogens with zero attached hydrogens (tertiary/aromatic N) is 1. The zero-order valence-corrected chi connectivity index (χ0v) is 20.8. The van der Waals surface area contributed by atoms with Crippen LogP contribution in [0.1, 0.15) is 41.5 Å². The number of hydrogen-bond donors (Lipinski definition) is 3. The van der Waals surface area contributed by atoms with Gasteiger partial charge < -0.3 is 20.9 Å². The van der Waals surface area contributed by atoms with Crippen LogP contribution in [-0.4, -0.2) is 41.1 Å². The molecule has 8 heteroatoms. The predicted molar refractivity (Wildman–Crippen MR) is 132 cm³/mol. The summed E-state index contributed by atoms with van der Waals surface area (Å²) < 4.78 is 13.9. The Kier molecular flexibility index (Phi) is 7.91. The van der Waals surface area contributed by atoms with Gasteiger partial charge in [-0.05, 0) is 45.0 Å². The first-order chi connectivity index (χ1) is 15.2. The Morgan fingerprint density at radius 3 is 2.55 bits per heavy atom. The highest BCUT2D eigenvalue weighted by molar-refractivity contribution is 6.30. The van der Waals surface area contributed by atoms with Gasteiger partial charge in [0.25, 0.3) is 5.91 Å². The van der Waals surface area contributed by atoms with Gasteiger partial charge >= 0.3 is 0 Å². The van der Waals surface area contributed by atoms with Gasteiger partial charge in [-0.1, -0.05) is 45.0 Å². The van der Waals surface area contributed by atoms with Crippen LogP contribution in [0.15, 0.2) is 53.8 Å². The van der Waals surface area contributed by atoms with Crippen molar-refractivity contribution in [2.24, 2.45) is 5.41 Å². The van der Waals surface area contributed by atoms with Crippen LogP contribution < -0.4 is 10.6 Å². The first kappa shape index (κ1) is 26.3. The summed E-state index contributed by atoms with van der Waals surface area (Å²) in [6.07, 6.45) is 3.02. The molecule has 1 heterocycles. The molecular formula is C25H32ClFN4O2. The Labute approximate surface area is 200 Å². The number of piperazine rings is 1. The molecule has 2 amide bonds. The largest absolute Gasteiger partial charge is 0.358 e. The molecule has 0 spiro atoms. The third-order valence-electron chi connectivity index (χ3n) is 5.54. The number of nitrogens with one attached hydrogen (secondary N) is 3. The number of anilines is 1. The molecule has 2 rings (SSSR count). The molecular weight excluding hydrogens is 443 g/mol. The summed E-state index contributed by atoms with van der Waals surface area (Å²) >= 11 is 5.78. The van der Waals surface area contributed by atoms with Gasteiger partial charge in [0.15, 0.2) is 0 Å². The van der Waals surface area contributed by atoms with E-state index in [9.17, 15) is 14.0 Å². The quantitative estimate of drug-likeness (QED) is 0.305. The molecule has 1 aliphatic rings. The van der Waals surface area contributed by atoms with Crippen molar-refractivity contribution < 1.29 is 14.0 Å². The van der Waals surface area contributed by atoms with Crippen LogP contribution in [0.25, 0.3) is 0 Å². The van der Waals surface area contributed by atoms with Crippen LogP contribution in [-0.2, 0) is 9.59 Å². The maximum atomic E-state index is 13.9. The summed E-state index contributed by atoms with van der Waals surface area (Å²) in [4.78, 5) is 27.2. The van der Waals surface area contributed by atoms with E-state index >= 15 is 0 Å². The van der Waals surface area contributed by atoms with Gasteiger partial charge in [0.05, 0.1) is 5.02 Å². The molecule has 0 unspecified atom stereocenters. The number of amides is 2. The second kappa shape index (κ2) is 9.91. The minimum Gasteiger partial charge on any atom is -0.358 e. The Bertz CT molecular complexity index is 1050. The maximum absolute atomic E-state index is 13.9. The monoisotopic (exact) mass is 474 g/mol. The second-order valence-electron chi connectivity index (χ2n) is 9.49. The molecule has 6 nitrogen and oxygen atoms in total. The van der Waals surface area contributed by atoms with Crippen molar-refractivity contribution in [1.82, 2.24) is 10.2 Å². The number of carbonyl (C=O) groups excluding carboxylic acids is 2. The van der Waals surface area contributed by atoms with Crippen LogP contribution in [0, 0.1) is 16.6 Å². The fraction of sp³-hybridized carbons (Fsp3) is 0.400. The lowest BCUT2D eigenvalue weighted by Gasteiger charge is -2.41. The molecule has 0 aliphatic carbocycles. The van der Waals surface area contributed by atoms with Crippen molar-refractivity contribution in [1.29, 1.82) is 5.41 Å². The third kappa shape index (κ3) is 5.90. The van der Waals surface area contributed by atoms with E-state index in [0.717, 1.165) is 0 Å². The number of rotatable bonds is 6. The van der Waals surface area contributed by atoms with Gasteiger partial charge in [-0.2, -0.15) is 0 Å². The maximum Gasteiger partial charge on any atom is 0.254 e. The highest BCUT2D eigenvalue weighted by Gasteiger charge is 2.41. The lowest BCUT2D eigenvalue weighted by atomic mass is 9.83. The predicted octanol–water partition coefficient (Wildman–Crippen LogP) is 5.08. The smallest absolute Gasteiger partial charge is 0.254 e. The van der Waals surface area contributed by atoms with Gasteiger partial charge in [-0.15, -0.1) is 0 Å². The van der Waals surface area contributed by atoms with Gasteiger partial charge in [0, 0.05) is 46.7 Å². The SMILES string of the molecule is C=C/C(=C\C(C(=N)C(C)(C)C)=C(/C)Nc1ccc(Cl)c(F)c1)C(=O)N1CCNC(=O)C1(C)C. The van der Waals surface area contributed by atoms with E-state index in [2.05, 4.69) is 17.2 Å². The van der Waals surface area contributed by atoms with Crippen molar-refractivity contribution >= 4 is 34.8 Å². The van der Waals surface area contributed by atoms with Gasteiger partial charge in [0.1, 0.15) is 11.4 Å². The Morgan fingerprint density at radius 1 is 1.36 bits per heavy atom. The number of hydrogen-bond acceptors (Lipinski definition) is 4. The molecule has 0 bridgehead atoms. The van der Waals surface area contributed by atoms with Crippen molar-refractivity contribution in [3.8, 4) is 0 Å². The average Bonchev–Trinajstić information content (AvgIpc) is 2.72. The normalized spacial score (nSPS) is 17.2. The second-order valence-corrected chi connectivity index (χ2v) is 9.90. The van der Waals surface area contributed by atoms with Crippen LogP contribution in [0.2, 0.25) is 5.02 Å². The summed E-state index contributed by atoms with van der Waals surface area (Å²) in [5.74, 6) is -1.15. The molecule has 33 heavy (non-hydrogen) atoms. The molecule has 3 N–H and O–H groups in total. The van der Waals surface area contributed by atoms with Crippen LogP contribution >= 0.6 is 11.6 Å². The van der Waals surface area contributed by atoms with Crippen LogP contribution in [0.3, 0.4) is 0 Å². The number of halogens is 2. The molecule has 1 aliphatic heterocycles. The lowest BCUT2D eigenvalue weighted by Crippen LogP contribution is -2.63. The Balaban J connectivity index is 2.55. The third-order valence-corrected chi connectivity index (χ3v) is 5.84. The van der Waals surface area contributed by atoms with E-state index in [-0.39, 0.29) is 28.1 Å². The zero-order valence-electron chi connectivity index (χ0n) is 20.0. The molecule has 1 fully saturated rings. The first-order valence-corrected chi connectivity index (χ1v) is 11.0. The fourth-order valence-electron chi connectivity index (χ4n) is 3.40. The van der Waals surface area contributed by atoms with Crippen molar-refractivity contribution in [2.45, 2.75) is 47.1 Å². The number of carbonyl (C=O) groups is 2. The Hall–Kier alpha value is -2.93. The van der Waals surface area contributed by atoms with E-state index < -0.39 is 16.8 Å². The van der Waals surface area contributed by atoms with Gasteiger partial charge in [0.2, 0.25) is 5.91 Å². The van der Waals surface area contributed by atoms with E-state index in [4.69, 9.17) is 17.0 Å². The first-order valence-electron chi connectivity index (χ1n) is 10.7. The standard InChI is InChI=1S/C25H32ClFN4O2/c1-8-16(22(32)31-12-11-29-23(33)25(31,6)7)13-18(21(28)24(3,4)5)15(2)30-17-9-10-19(26)20(27)14-17/h8-10,13-14,28,30H,1,11-12H2,2-7H3,(H,29,33)/b16-13+,18-15-,28-21?. The Morgan fingerprint density at radius 2 is 2.00 bits per heavy atom. The zero-order chi connectivity index (χ0) is 25.1. The number of benzene rings is 1. The minimum absolute atomic E-state index is 0.0115. The van der Waals surface area contributed by atoms with Gasteiger partial charge in [-0.3, -0.25) is 9.59 Å². The molecule has 178 valence electrons. The van der Waals surface area contributed by atoms with E-state index in [0.29, 0.717) is 30.0 Å². The fourth-order valence-corrected chi connectivity index (χ4v) is 3.52. The highest BCUT2D eigenvalue weighted by atomic mass is 35.5. The average molecular weight is 475 g/mol. The molecule has 1 aromatic carbocycles. The van der Waals surface area contributed by atoms with E-state index in [1.165, 1.54) is 23.1 Å². The summed E-state index contributed by atoms with van der Waals surface area (Å²) in [7, 11) is 0.